The Hall–Kier alpha value is -2.86. The highest BCUT2D eigenvalue weighted by Crippen LogP contribution is 2.20. The molecule has 0 aliphatic rings. The summed E-state index contributed by atoms with van der Waals surface area (Å²) in [5, 5.41) is 0.658. The monoisotopic (exact) mass is 348 g/mol. The molecular formula is C19H16N4OS. The zero-order valence-corrected chi connectivity index (χ0v) is 14.3. The molecule has 25 heavy (non-hydrogen) atoms. The molecule has 5 nitrogen and oxygen atoms in total. The summed E-state index contributed by atoms with van der Waals surface area (Å²) in [6.07, 6.45) is 3.54. The number of hydrogen-bond donors (Lipinski definition) is 0. The summed E-state index contributed by atoms with van der Waals surface area (Å²) in [5.74, 6) is 1.36. The van der Waals surface area contributed by atoms with E-state index in [-0.39, 0.29) is 5.69 Å². The molecule has 2 heterocycles. The van der Waals surface area contributed by atoms with E-state index in [0.717, 1.165) is 11.3 Å². The highest BCUT2D eigenvalue weighted by Gasteiger charge is 2.12. The van der Waals surface area contributed by atoms with Crippen LogP contribution in [0.5, 0.6) is 0 Å². The molecule has 0 fully saturated rings. The molecule has 124 valence electrons. The van der Waals surface area contributed by atoms with E-state index in [0.29, 0.717) is 17.5 Å². The van der Waals surface area contributed by atoms with Crippen LogP contribution in [0, 0.1) is 0 Å². The van der Waals surface area contributed by atoms with E-state index in [1.165, 1.54) is 17.3 Å². The predicted octanol–water partition coefficient (Wildman–Crippen LogP) is 3.23. The van der Waals surface area contributed by atoms with Crippen LogP contribution in [0.4, 0.5) is 0 Å². The summed E-state index contributed by atoms with van der Waals surface area (Å²) in [6.45, 7) is 0.455. The minimum Gasteiger partial charge on any atom is -0.264 e. The Balaban J connectivity index is 1.68. The molecule has 2 aromatic heterocycles. The molecule has 0 spiro atoms. The van der Waals surface area contributed by atoms with E-state index in [1.54, 1.807) is 10.8 Å². The molecule has 4 aromatic rings. The van der Waals surface area contributed by atoms with Crippen LogP contribution in [-0.4, -0.2) is 18.9 Å². The first-order valence-electron chi connectivity index (χ1n) is 7.96. The number of aromatic nitrogens is 4. The van der Waals surface area contributed by atoms with Gasteiger partial charge >= 0.3 is 5.69 Å². The molecule has 0 amide bonds. The van der Waals surface area contributed by atoms with E-state index >= 15 is 0 Å². The summed E-state index contributed by atoms with van der Waals surface area (Å²) in [7, 11) is 0. The molecule has 4 rings (SSSR count). The van der Waals surface area contributed by atoms with Crippen LogP contribution >= 0.6 is 11.8 Å². The van der Waals surface area contributed by atoms with Gasteiger partial charge < -0.3 is 0 Å². The van der Waals surface area contributed by atoms with Crippen LogP contribution in [0.15, 0.2) is 83.0 Å². The number of imidazole rings is 1. The maximum absolute atomic E-state index is 12.6. The summed E-state index contributed by atoms with van der Waals surface area (Å²) >= 11 is 1.54. The van der Waals surface area contributed by atoms with Gasteiger partial charge in [-0.15, -0.1) is 0 Å². The Morgan fingerprint density at radius 1 is 0.920 bits per heavy atom. The third-order valence-electron chi connectivity index (χ3n) is 3.89. The molecule has 0 aliphatic carbocycles. The number of hydrogen-bond acceptors (Lipinski definition) is 4. The quantitative estimate of drug-likeness (QED) is 0.520. The van der Waals surface area contributed by atoms with Crippen molar-refractivity contribution >= 4 is 17.5 Å². The highest BCUT2D eigenvalue weighted by molar-refractivity contribution is 7.98. The molecule has 2 aromatic carbocycles. The van der Waals surface area contributed by atoms with Crippen molar-refractivity contribution in [1.82, 2.24) is 18.9 Å². The fourth-order valence-electron chi connectivity index (χ4n) is 2.65. The lowest BCUT2D eigenvalue weighted by Crippen LogP contribution is -2.27. The molecular weight excluding hydrogens is 332 g/mol. The molecule has 6 heteroatoms. The molecule has 0 saturated carbocycles. The van der Waals surface area contributed by atoms with Crippen LogP contribution in [0.25, 0.3) is 5.78 Å². The number of benzene rings is 2. The van der Waals surface area contributed by atoms with Crippen molar-refractivity contribution < 1.29 is 0 Å². The lowest BCUT2D eigenvalue weighted by atomic mass is 10.2. The third-order valence-corrected chi connectivity index (χ3v) is 4.91. The van der Waals surface area contributed by atoms with Crippen LogP contribution in [-0.2, 0) is 12.3 Å². The van der Waals surface area contributed by atoms with Crippen LogP contribution in [0.1, 0.15) is 11.1 Å². The summed E-state index contributed by atoms with van der Waals surface area (Å²) in [6, 6.07) is 20.0. The number of nitrogens with zero attached hydrogens (tertiary/aromatic N) is 4. The van der Waals surface area contributed by atoms with Crippen molar-refractivity contribution in [3.05, 3.63) is 94.7 Å². The molecule has 0 N–H and O–H groups in total. The van der Waals surface area contributed by atoms with Crippen LogP contribution in [0.2, 0.25) is 0 Å². The minimum absolute atomic E-state index is 0.280. The lowest BCUT2D eigenvalue weighted by molar-refractivity contribution is 0.677. The Labute approximate surface area is 149 Å². The van der Waals surface area contributed by atoms with Crippen molar-refractivity contribution in [2.24, 2.45) is 0 Å². The van der Waals surface area contributed by atoms with Gasteiger partial charge in [0.15, 0.2) is 5.16 Å². The van der Waals surface area contributed by atoms with Crippen molar-refractivity contribution in [3.63, 3.8) is 0 Å². The maximum Gasteiger partial charge on any atom is 0.353 e. The van der Waals surface area contributed by atoms with Crippen molar-refractivity contribution in [3.8, 4) is 0 Å². The number of rotatable bonds is 5. The average Bonchev–Trinajstić information content (AvgIpc) is 3.14. The van der Waals surface area contributed by atoms with E-state index in [9.17, 15) is 4.79 Å². The largest absolute Gasteiger partial charge is 0.353 e. The van der Waals surface area contributed by atoms with Gasteiger partial charge in [-0.3, -0.25) is 8.97 Å². The highest BCUT2D eigenvalue weighted by atomic mass is 32.2. The van der Waals surface area contributed by atoms with Crippen LogP contribution in [0.3, 0.4) is 0 Å². The number of thioether (sulfide) groups is 1. The smallest absolute Gasteiger partial charge is 0.264 e. The molecule has 0 atom stereocenters. The van der Waals surface area contributed by atoms with E-state index in [2.05, 4.69) is 22.1 Å². The van der Waals surface area contributed by atoms with Gasteiger partial charge in [0.2, 0.25) is 5.78 Å². The Bertz CT molecular complexity index is 1040. The molecule has 0 radical (unpaired) electrons. The zero-order valence-electron chi connectivity index (χ0n) is 13.4. The number of fused-ring (bicyclic) bond motifs is 1. The van der Waals surface area contributed by atoms with Gasteiger partial charge in [0.05, 0.1) is 6.54 Å². The Kier molecular flexibility index (Phi) is 4.35. The van der Waals surface area contributed by atoms with Gasteiger partial charge in [-0.2, -0.15) is 4.98 Å². The Morgan fingerprint density at radius 2 is 1.60 bits per heavy atom. The molecule has 0 bridgehead atoms. The third kappa shape index (κ3) is 3.34. The van der Waals surface area contributed by atoms with Crippen molar-refractivity contribution in [2.75, 3.05) is 0 Å². The predicted molar refractivity (Wildman–Crippen MR) is 98.8 cm³/mol. The van der Waals surface area contributed by atoms with Gasteiger partial charge in [0.25, 0.3) is 0 Å². The normalized spacial score (nSPS) is 11.0. The fraction of sp³-hybridized carbons (Fsp3) is 0.105. The van der Waals surface area contributed by atoms with E-state index in [4.69, 9.17) is 0 Å². The van der Waals surface area contributed by atoms with Gasteiger partial charge in [-0.1, -0.05) is 72.4 Å². The second kappa shape index (κ2) is 6.94. The SMILES string of the molecule is O=c1nc(SCc2ccccc2)n2ccnc2n1Cc1ccccc1. The summed E-state index contributed by atoms with van der Waals surface area (Å²) in [4.78, 5) is 21.2. The van der Waals surface area contributed by atoms with Crippen molar-refractivity contribution in [2.45, 2.75) is 17.5 Å². The fourth-order valence-corrected chi connectivity index (χ4v) is 3.57. The van der Waals surface area contributed by atoms with E-state index in [1.807, 2.05) is 59.1 Å². The zero-order chi connectivity index (χ0) is 17.1. The Morgan fingerprint density at radius 3 is 2.32 bits per heavy atom. The first-order valence-corrected chi connectivity index (χ1v) is 8.94. The van der Waals surface area contributed by atoms with Gasteiger partial charge in [-0.05, 0) is 11.1 Å². The van der Waals surface area contributed by atoms with Gasteiger partial charge in [0.1, 0.15) is 0 Å². The molecule has 0 aliphatic heterocycles. The van der Waals surface area contributed by atoms with Crippen LogP contribution < -0.4 is 5.69 Å². The first-order chi connectivity index (χ1) is 12.3. The summed E-state index contributed by atoms with van der Waals surface area (Å²) in [5.41, 5.74) is 1.95. The average molecular weight is 348 g/mol. The minimum atomic E-state index is -0.280. The second-order valence-corrected chi connectivity index (χ2v) is 6.56. The lowest BCUT2D eigenvalue weighted by Gasteiger charge is -2.10. The molecule has 0 saturated heterocycles. The molecule has 0 unspecified atom stereocenters. The first kappa shape index (κ1) is 15.7. The summed E-state index contributed by atoms with van der Waals surface area (Å²) < 4.78 is 3.47. The van der Waals surface area contributed by atoms with Gasteiger partial charge in [-0.25, -0.2) is 9.78 Å². The topological polar surface area (TPSA) is 52.2 Å². The maximum atomic E-state index is 12.6. The second-order valence-electron chi connectivity index (χ2n) is 5.62. The van der Waals surface area contributed by atoms with Crippen molar-refractivity contribution in [1.29, 1.82) is 0 Å². The van der Waals surface area contributed by atoms with E-state index < -0.39 is 0 Å². The standard InChI is InChI=1S/C19H16N4OS/c24-18-21-19(25-14-16-9-5-2-6-10-16)22-12-11-20-17(22)23(18)13-15-7-3-1-4-8-15/h1-12H,13-14H2. The van der Waals surface area contributed by atoms with Gasteiger partial charge in [0, 0.05) is 18.1 Å².